The van der Waals surface area contributed by atoms with E-state index in [1.54, 1.807) is 19.1 Å². The van der Waals surface area contributed by atoms with E-state index < -0.39 is 29.1 Å². The summed E-state index contributed by atoms with van der Waals surface area (Å²) in [5.41, 5.74) is -0.360. The molecule has 2 aromatic carbocycles. The summed E-state index contributed by atoms with van der Waals surface area (Å²) in [7, 11) is 0. The highest BCUT2D eigenvalue weighted by molar-refractivity contribution is 6.31. The normalized spacial score (nSPS) is 11.9. The molecular formula is C19H14ClF2N3O2. The minimum atomic E-state index is -0.649. The van der Waals surface area contributed by atoms with Crippen LogP contribution in [0.4, 0.5) is 8.78 Å². The van der Waals surface area contributed by atoms with Crippen molar-refractivity contribution < 1.29 is 13.6 Å². The van der Waals surface area contributed by atoms with Crippen LogP contribution in [0.25, 0.3) is 5.69 Å². The van der Waals surface area contributed by atoms with Gasteiger partial charge >= 0.3 is 0 Å². The van der Waals surface area contributed by atoms with Gasteiger partial charge in [0.2, 0.25) is 0 Å². The monoisotopic (exact) mass is 389 g/mol. The molecule has 3 rings (SSSR count). The number of aromatic nitrogens is 2. The van der Waals surface area contributed by atoms with E-state index in [-0.39, 0.29) is 16.4 Å². The lowest BCUT2D eigenvalue weighted by Gasteiger charge is -2.16. The second kappa shape index (κ2) is 7.67. The third-order valence-corrected chi connectivity index (χ3v) is 4.31. The highest BCUT2D eigenvalue weighted by atomic mass is 35.5. The van der Waals surface area contributed by atoms with Gasteiger partial charge in [-0.3, -0.25) is 9.59 Å². The molecule has 0 fully saturated rings. The third-order valence-electron chi connectivity index (χ3n) is 3.91. The number of halogens is 3. The fourth-order valence-corrected chi connectivity index (χ4v) is 2.82. The summed E-state index contributed by atoms with van der Waals surface area (Å²) >= 11 is 5.93. The molecule has 0 spiro atoms. The van der Waals surface area contributed by atoms with E-state index in [0.717, 1.165) is 10.7 Å². The van der Waals surface area contributed by atoms with Crippen LogP contribution in [0.15, 0.2) is 59.4 Å². The first kappa shape index (κ1) is 18.7. The third kappa shape index (κ3) is 3.88. The molecule has 0 aliphatic rings. The average molecular weight is 390 g/mol. The maximum Gasteiger partial charge on any atom is 0.272 e. The Labute approximate surface area is 158 Å². The van der Waals surface area contributed by atoms with Crippen LogP contribution < -0.4 is 10.9 Å². The summed E-state index contributed by atoms with van der Waals surface area (Å²) in [6.45, 7) is 1.63. The van der Waals surface area contributed by atoms with Gasteiger partial charge in [-0.2, -0.15) is 9.78 Å². The molecule has 5 nitrogen and oxygen atoms in total. The molecule has 1 heterocycles. The molecule has 0 aliphatic heterocycles. The first-order chi connectivity index (χ1) is 12.9. The summed E-state index contributed by atoms with van der Waals surface area (Å²) in [4.78, 5) is 24.5. The second-order valence-electron chi connectivity index (χ2n) is 5.76. The van der Waals surface area contributed by atoms with Crippen LogP contribution in [0.3, 0.4) is 0 Å². The zero-order chi connectivity index (χ0) is 19.6. The van der Waals surface area contributed by atoms with Crippen molar-refractivity contribution in [2.45, 2.75) is 13.0 Å². The van der Waals surface area contributed by atoms with Gasteiger partial charge in [-0.05, 0) is 36.8 Å². The van der Waals surface area contributed by atoms with Gasteiger partial charge in [-0.1, -0.05) is 35.9 Å². The highest BCUT2D eigenvalue weighted by Gasteiger charge is 2.18. The summed E-state index contributed by atoms with van der Waals surface area (Å²) in [5, 5.41) is 6.48. The van der Waals surface area contributed by atoms with Crippen LogP contribution in [0.1, 0.15) is 29.0 Å². The van der Waals surface area contributed by atoms with Crippen LogP contribution >= 0.6 is 11.6 Å². The lowest BCUT2D eigenvalue weighted by atomic mass is 10.1. The van der Waals surface area contributed by atoms with Crippen LogP contribution in [0, 0.1) is 11.6 Å². The number of rotatable bonds is 4. The van der Waals surface area contributed by atoms with Crippen LogP contribution in [-0.2, 0) is 0 Å². The number of amides is 1. The van der Waals surface area contributed by atoms with E-state index in [4.69, 9.17) is 11.6 Å². The van der Waals surface area contributed by atoms with Crippen molar-refractivity contribution >= 4 is 17.5 Å². The Morgan fingerprint density at radius 3 is 2.52 bits per heavy atom. The maximum atomic E-state index is 14.0. The quantitative estimate of drug-likeness (QED) is 0.740. The molecule has 1 N–H and O–H groups in total. The molecule has 1 atom stereocenters. The second-order valence-corrected chi connectivity index (χ2v) is 6.14. The van der Waals surface area contributed by atoms with Crippen molar-refractivity contribution in [3.05, 3.63) is 92.9 Å². The van der Waals surface area contributed by atoms with Crippen molar-refractivity contribution in [2.75, 3.05) is 0 Å². The maximum absolute atomic E-state index is 14.0. The van der Waals surface area contributed by atoms with Gasteiger partial charge in [-0.15, -0.1) is 0 Å². The van der Waals surface area contributed by atoms with Gasteiger partial charge in [0.05, 0.1) is 11.1 Å². The van der Waals surface area contributed by atoms with Crippen molar-refractivity contribution in [1.82, 2.24) is 15.1 Å². The smallest absolute Gasteiger partial charge is 0.272 e. The average Bonchev–Trinajstić information content (AvgIpc) is 2.65. The molecule has 1 aromatic heterocycles. The van der Waals surface area contributed by atoms with Crippen LogP contribution in [0.2, 0.25) is 5.02 Å². The topological polar surface area (TPSA) is 64.0 Å². The zero-order valence-corrected chi connectivity index (χ0v) is 14.9. The fraction of sp³-hybridized carbons (Fsp3) is 0.105. The minimum absolute atomic E-state index is 0.0710. The van der Waals surface area contributed by atoms with Gasteiger partial charge in [0.15, 0.2) is 0 Å². The fourth-order valence-electron chi connectivity index (χ4n) is 2.53. The molecular weight excluding hydrogens is 376 g/mol. The van der Waals surface area contributed by atoms with Crippen molar-refractivity contribution in [2.24, 2.45) is 0 Å². The number of hydrogen-bond acceptors (Lipinski definition) is 3. The molecule has 1 amide bonds. The Hall–Kier alpha value is -3.06. The Bertz CT molecular complexity index is 1070. The van der Waals surface area contributed by atoms with Crippen LogP contribution in [-0.4, -0.2) is 15.7 Å². The molecule has 27 heavy (non-hydrogen) atoms. The molecule has 0 saturated heterocycles. The summed E-state index contributed by atoms with van der Waals surface area (Å²) < 4.78 is 28.4. The van der Waals surface area contributed by atoms with E-state index in [0.29, 0.717) is 5.56 Å². The lowest BCUT2D eigenvalue weighted by Crippen LogP contribution is -2.31. The van der Waals surface area contributed by atoms with Gasteiger partial charge in [0, 0.05) is 6.07 Å². The Kier molecular flexibility index (Phi) is 5.32. The number of carbonyl (C=O) groups is 1. The van der Waals surface area contributed by atoms with E-state index in [2.05, 4.69) is 10.4 Å². The number of nitrogens with one attached hydrogen (secondary N) is 1. The zero-order valence-electron chi connectivity index (χ0n) is 14.1. The largest absolute Gasteiger partial charge is 0.344 e. The highest BCUT2D eigenvalue weighted by Crippen LogP contribution is 2.25. The molecule has 0 bridgehead atoms. The number of hydrogen-bond donors (Lipinski definition) is 1. The Balaban J connectivity index is 1.90. The molecule has 0 radical (unpaired) electrons. The number of benzene rings is 2. The molecule has 0 aliphatic carbocycles. The van der Waals surface area contributed by atoms with Crippen molar-refractivity contribution in [3.8, 4) is 5.69 Å². The predicted molar refractivity (Wildman–Crippen MR) is 97.1 cm³/mol. The number of nitrogens with zero attached hydrogens (tertiary/aromatic N) is 2. The van der Waals surface area contributed by atoms with E-state index in [1.807, 2.05) is 0 Å². The first-order valence-electron chi connectivity index (χ1n) is 7.98. The van der Waals surface area contributed by atoms with Gasteiger partial charge < -0.3 is 5.32 Å². The molecule has 0 unspecified atom stereocenters. The number of carbonyl (C=O) groups excluding carboxylic acids is 1. The Morgan fingerprint density at radius 1 is 1.07 bits per heavy atom. The molecule has 3 aromatic rings. The van der Waals surface area contributed by atoms with Gasteiger partial charge in [-0.25, -0.2) is 8.78 Å². The van der Waals surface area contributed by atoms with E-state index >= 15 is 0 Å². The van der Waals surface area contributed by atoms with E-state index in [1.165, 1.54) is 36.4 Å². The van der Waals surface area contributed by atoms with Crippen molar-refractivity contribution in [1.29, 1.82) is 0 Å². The molecule has 138 valence electrons. The summed E-state index contributed by atoms with van der Waals surface area (Å²) in [5.74, 6) is -1.86. The Morgan fingerprint density at radius 2 is 1.78 bits per heavy atom. The van der Waals surface area contributed by atoms with Crippen molar-refractivity contribution in [3.63, 3.8) is 0 Å². The first-order valence-corrected chi connectivity index (χ1v) is 8.36. The van der Waals surface area contributed by atoms with Gasteiger partial charge in [0.1, 0.15) is 23.0 Å². The lowest BCUT2D eigenvalue weighted by molar-refractivity contribution is 0.0933. The number of para-hydroxylation sites is 1. The SMILES string of the molecule is C[C@H](NC(=O)c1ccc(=O)n(-c2ccccc2F)n1)c1cccc(F)c1Cl. The summed E-state index contributed by atoms with van der Waals surface area (Å²) in [6, 6.07) is 11.6. The standard InChI is InChI=1S/C19H14ClF2N3O2/c1-11(12-5-4-7-14(22)18(12)20)23-19(27)15-9-10-17(26)25(24-15)16-8-3-2-6-13(16)21/h2-11H,1H3,(H,23,27)/t11-/m0/s1. The molecule has 8 heteroatoms. The van der Waals surface area contributed by atoms with Crippen LogP contribution in [0.5, 0.6) is 0 Å². The van der Waals surface area contributed by atoms with Gasteiger partial charge in [0.25, 0.3) is 11.5 Å². The van der Waals surface area contributed by atoms with E-state index in [9.17, 15) is 18.4 Å². The molecule has 0 saturated carbocycles. The summed E-state index contributed by atoms with van der Waals surface area (Å²) in [6.07, 6.45) is 0. The predicted octanol–water partition coefficient (Wildman–Crippen LogP) is 3.66. The minimum Gasteiger partial charge on any atom is -0.344 e.